The summed E-state index contributed by atoms with van der Waals surface area (Å²) in [6, 6.07) is 7.07. The Balaban J connectivity index is 2.14. The van der Waals surface area contributed by atoms with Crippen LogP contribution < -0.4 is 5.32 Å². The molecule has 2 rings (SSSR count). The summed E-state index contributed by atoms with van der Waals surface area (Å²) in [4.78, 5) is 0. The van der Waals surface area contributed by atoms with E-state index in [1.807, 2.05) is 0 Å². The van der Waals surface area contributed by atoms with Crippen LogP contribution in [0.15, 0.2) is 34.8 Å². The van der Waals surface area contributed by atoms with Gasteiger partial charge in [0.2, 0.25) is 0 Å². The maximum Gasteiger partial charge on any atom is 0.194 e. The molecule has 0 fully saturated rings. The summed E-state index contributed by atoms with van der Waals surface area (Å²) in [5, 5.41) is 3.30. The van der Waals surface area contributed by atoms with E-state index >= 15 is 0 Å². The lowest BCUT2D eigenvalue weighted by atomic mass is 10.2. The van der Waals surface area contributed by atoms with Gasteiger partial charge in [0.15, 0.2) is 17.5 Å². The molecule has 0 aliphatic carbocycles. The van der Waals surface area contributed by atoms with Crippen LogP contribution in [0.25, 0.3) is 0 Å². The van der Waals surface area contributed by atoms with Crippen LogP contribution in [0, 0.1) is 17.5 Å². The fourth-order valence-corrected chi connectivity index (χ4v) is 2.26. The maximum atomic E-state index is 13.0. The first-order valence-corrected chi connectivity index (χ1v) is 6.47. The summed E-state index contributed by atoms with van der Waals surface area (Å²) in [7, 11) is 0. The highest BCUT2D eigenvalue weighted by molar-refractivity contribution is 9.10. The minimum Gasteiger partial charge on any atom is -0.381 e. The fourth-order valence-electron chi connectivity index (χ4n) is 1.52. The van der Waals surface area contributed by atoms with E-state index in [1.54, 1.807) is 18.2 Å². The third kappa shape index (κ3) is 3.42. The molecule has 6 heteroatoms. The predicted molar refractivity (Wildman–Crippen MR) is 72.8 cm³/mol. The molecular weight excluding hydrogens is 343 g/mol. The van der Waals surface area contributed by atoms with Gasteiger partial charge < -0.3 is 5.32 Å². The van der Waals surface area contributed by atoms with Crippen molar-refractivity contribution in [2.45, 2.75) is 6.54 Å². The number of halogens is 5. The molecule has 0 spiro atoms. The Morgan fingerprint density at radius 2 is 1.68 bits per heavy atom. The second-order valence-corrected chi connectivity index (χ2v) is 5.17. The number of anilines is 1. The van der Waals surface area contributed by atoms with Crippen LogP contribution in [-0.2, 0) is 6.54 Å². The van der Waals surface area contributed by atoms with Gasteiger partial charge in [-0.2, -0.15) is 0 Å². The van der Waals surface area contributed by atoms with Crippen molar-refractivity contribution in [3.63, 3.8) is 0 Å². The Hall–Kier alpha value is -1.20. The molecular formula is C13H8BrClF3N. The summed E-state index contributed by atoms with van der Waals surface area (Å²) >= 11 is 9.28. The molecule has 0 atom stereocenters. The van der Waals surface area contributed by atoms with E-state index in [4.69, 9.17) is 11.6 Å². The molecule has 0 aliphatic heterocycles. The van der Waals surface area contributed by atoms with E-state index in [2.05, 4.69) is 21.2 Å². The number of nitrogens with one attached hydrogen (secondary N) is 1. The van der Waals surface area contributed by atoms with Crippen molar-refractivity contribution in [2.24, 2.45) is 0 Å². The van der Waals surface area contributed by atoms with Gasteiger partial charge in [0, 0.05) is 33.9 Å². The SMILES string of the molecule is Fc1cc(NCc2ccc(Br)cc2Cl)cc(F)c1F. The van der Waals surface area contributed by atoms with Gasteiger partial charge in [-0.15, -0.1) is 0 Å². The van der Waals surface area contributed by atoms with Crippen molar-refractivity contribution in [2.75, 3.05) is 5.32 Å². The van der Waals surface area contributed by atoms with E-state index in [0.29, 0.717) is 5.02 Å². The predicted octanol–water partition coefficient (Wildman–Crippen LogP) is 5.13. The van der Waals surface area contributed by atoms with Crippen LogP contribution in [0.4, 0.5) is 18.9 Å². The zero-order valence-electron chi connectivity index (χ0n) is 9.48. The molecule has 2 aromatic carbocycles. The van der Waals surface area contributed by atoms with E-state index in [9.17, 15) is 13.2 Å². The summed E-state index contributed by atoms with van der Waals surface area (Å²) in [5.74, 6) is -3.94. The van der Waals surface area contributed by atoms with Gasteiger partial charge in [0.1, 0.15) is 0 Å². The zero-order valence-corrected chi connectivity index (χ0v) is 11.8. The van der Waals surface area contributed by atoms with Crippen LogP contribution in [0.2, 0.25) is 5.02 Å². The van der Waals surface area contributed by atoms with Crippen LogP contribution in [0.3, 0.4) is 0 Å². The quantitative estimate of drug-likeness (QED) is 0.757. The lowest BCUT2D eigenvalue weighted by Gasteiger charge is -2.09. The Kier molecular flexibility index (Phi) is 4.37. The highest BCUT2D eigenvalue weighted by Gasteiger charge is 2.10. The van der Waals surface area contributed by atoms with Crippen LogP contribution in [0.1, 0.15) is 5.56 Å². The third-order valence-electron chi connectivity index (χ3n) is 2.48. The smallest absolute Gasteiger partial charge is 0.194 e. The summed E-state index contributed by atoms with van der Waals surface area (Å²) in [6.07, 6.45) is 0. The van der Waals surface area contributed by atoms with Gasteiger partial charge in [0.25, 0.3) is 0 Å². The molecule has 0 saturated carbocycles. The van der Waals surface area contributed by atoms with Gasteiger partial charge in [0.05, 0.1) is 0 Å². The average Bonchev–Trinajstić information content (AvgIpc) is 2.34. The molecule has 1 nitrogen and oxygen atoms in total. The largest absolute Gasteiger partial charge is 0.381 e. The Labute approximate surface area is 121 Å². The third-order valence-corrected chi connectivity index (χ3v) is 3.33. The standard InChI is InChI=1S/C13H8BrClF3N/c14-8-2-1-7(10(15)3-8)6-19-9-4-11(16)13(18)12(17)5-9/h1-5,19H,6H2. The number of hydrogen-bond donors (Lipinski definition) is 1. The molecule has 1 N–H and O–H groups in total. The van der Waals surface area contributed by atoms with Gasteiger partial charge in [-0.25, -0.2) is 13.2 Å². The van der Waals surface area contributed by atoms with E-state index < -0.39 is 17.5 Å². The molecule has 0 saturated heterocycles. The highest BCUT2D eigenvalue weighted by atomic mass is 79.9. The van der Waals surface area contributed by atoms with E-state index in [0.717, 1.165) is 22.2 Å². The molecule has 100 valence electrons. The Bertz CT molecular complexity index is 596. The van der Waals surface area contributed by atoms with Crippen LogP contribution >= 0.6 is 27.5 Å². The summed E-state index contributed by atoms with van der Waals surface area (Å²) in [6.45, 7) is 0.274. The zero-order chi connectivity index (χ0) is 14.0. The molecule has 0 radical (unpaired) electrons. The van der Waals surface area contributed by atoms with Crippen molar-refractivity contribution >= 4 is 33.2 Å². The van der Waals surface area contributed by atoms with Crippen molar-refractivity contribution in [3.05, 3.63) is 62.8 Å². The number of benzene rings is 2. The van der Waals surface area contributed by atoms with Gasteiger partial charge >= 0.3 is 0 Å². The molecule has 0 aromatic heterocycles. The van der Waals surface area contributed by atoms with Crippen molar-refractivity contribution in [1.82, 2.24) is 0 Å². The van der Waals surface area contributed by atoms with Crippen molar-refractivity contribution in [1.29, 1.82) is 0 Å². The first-order chi connectivity index (χ1) is 8.97. The molecule has 0 bridgehead atoms. The second kappa shape index (κ2) is 5.84. The van der Waals surface area contributed by atoms with Gasteiger partial charge in [-0.3, -0.25) is 0 Å². The summed E-state index contributed by atoms with van der Waals surface area (Å²) in [5.41, 5.74) is 0.908. The lowest BCUT2D eigenvalue weighted by Crippen LogP contribution is -2.02. The first-order valence-electron chi connectivity index (χ1n) is 5.29. The molecule has 19 heavy (non-hydrogen) atoms. The van der Waals surface area contributed by atoms with Crippen molar-refractivity contribution in [3.8, 4) is 0 Å². The summed E-state index contributed by atoms with van der Waals surface area (Å²) < 4.78 is 39.6. The maximum absolute atomic E-state index is 13.0. The molecule has 0 unspecified atom stereocenters. The van der Waals surface area contributed by atoms with E-state index in [1.165, 1.54) is 0 Å². The normalized spacial score (nSPS) is 10.6. The molecule has 0 amide bonds. The first kappa shape index (κ1) is 14.2. The molecule has 2 aromatic rings. The fraction of sp³-hybridized carbons (Fsp3) is 0.0769. The minimum absolute atomic E-state index is 0.149. The highest BCUT2D eigenvalue weighted by Crippen LogP contribution is 2.23. The van der Waals surface area contributed by atoms with E-state index in [-0.39, 0.29) is 12.2 Å². The Morgan fingerprint density at radius 3 is 2.26 bits per heavy atom. The van der Waals surface area contributed by atoms with Gasteiger partial charge in [-0.1, -0.05) is 33.6 Å². The monoisotopic (exact) mass is 349 g/mol. The topological polar surface area (TPSA) is 12.0 Å². The van der Waals surface area contributed by atoms with Crippen LogP contribution in [0.5, 0.6) is 0 Å². The second-order valence-electron chi connectivity index (χ2n) is 3.84. The number of hydrogen-bond acceptors (Lipinski definition) is 1. The lowest BCUT2D eigenvalue weighted by molar-refractivity contribution is 0.447. The van der Waals surface area contributed by atoms with Gasteiger partial charge in [-0.05, 0) is 17.7 Å². The average molecular weight is 351 g/mol. The molecule has 0 heterocycles. The number of rotatable bonds is 3. The Morgan fingerprint density at radius 1 is 1.05 bits per heavy atom. The van der Waals surface area contributed by atoms with Crippen LogP contribution in [-0.4, -0.2) is 0 Å². The molecule has 0 aliphatic rings. The minimum atomic E-state index is -1.48. The van der Waals surface area contributed by atoms with Crippen molar-refractivity contribution < 1.29 is 13.2 Å².